The van der Waals surface area contributed by atoms with Crippen molar-refractivity contribution in [3.05, 3.63) is 82.9 Å². The number of hydrazone groups is 1. The Morgan fingerprint density at radius 1 is 0.865 bits per heavy atom. The van der Waals surface area contributed by atoms with E-state index in [1.165, 1.54) is 18.3 Å². The molecule has 196 valence electrons. The van der Waals surface area contributed by atoms with E-state index in [4.69, 9.17) is 9.47 Å². The maximum absolute atomic E-state index is 13.6. The van der Waals surface area contributed by atoms with E-state index in [2.05, 4.69) is 10.5 Å². The van der Waals surface area contributed by atoms with Crippen LogP contribution < -0.4 is 19.2 Å². The largest absolute Gasteiger partial charge is 0.490 e. The fourth-order valence-corrected chi connectivity index (χ4v) is 5.14. The molecule has 0 fully saturated rings. The van der Waals surface area contributed by atoms with Crippen LogP contribution in [0.15, 0.2) is 70.7 Å². The molecular formula is C28H33N3O5S. The molecule has 0 aliphatic carbocycles. The molecule has 37 heavy (non-hydrogen) atoms. The number of aryl methyl sites for hydroxylation is 3. The van der Waals surface area contributed by atoms with Crippen LogP contribution in [0.4, 0.5) is 5.69 Å². The molecule has 0 heterocycles. The zero-order chi connectivity index (χ0) is 27.0. The Balaban J connectivity index is 1.83. The van der Waals surface area contributed by atoms with Gasteiger partial charge in [-0.15, -0.1) is 0 Å². The normalized spacial score (nSPS) is 11.4. The van der Waals surface area contributed by atoms with Crippen LogP contribution in [-0.2, 0) is 14.8 Å². The molecule has 0 atom stereocenters. The average molecular weight is 524 g/mol. The highest BCUT2D eigenvalue weighted by Gasteiger charge is 2.27. The van der Waals surface area contributed by atoms with Gasteiger partial charge >= 0.3 is 0 Å². The average Bonchev–Trinajstić information content (AvgIpc) is 2.84. The number of carbonyl (C=O) groups excluding carboxylic acids is 1. The molecule has 3 rings (SSSR count). The van der Waals surface area contributed by atoms with Gasteiger partial charge in [0.1, 0.15) is 6.54 Å². The summed E-state index contributed by atoms with van der Waals surface area (Å²) in [5.41, 5.74) is 6.24. The molecule has 0 saturated heterocycles. The molecule has 0 radical (unpaired) electrons. The Bertz CT molecular complexity index is 1350. The number of benzene rings is 3. The number of nitrogens with zero attached hydrogens (tertiary/aromatic N) is 2. The predicted octanol–water partition coefficient (Wildman–Crippen LogP) is 4.75. The summed E-state index contributed by atoms with van der Waals surface area (Å²) < 4.78 is 39.4. The van der Waals surface area contributed by atoms with Crippen molar-refractivity contribution in [2.24, 2.45) is 5.10 Å². The van der Waals surface area contributed by atoms with Crippen LogP contribution >= 0.6 is 0 Å². The van der Waals surface area contributed by atoms with E-state index in [1.54, 1.807) is 42.5 Å². The molecule has 3 aromatic rings. The highest BCUT2D eigenvalue weighted by molar-refractivity contribution is 7.92. The summed E-state index contributed by atoms with van der Waals surface area (Å²) in [5, 5.41) is 4.02. The number of carbonyl (C=O) groups is 1. The second kappa shape index (κ2) is 12.4. The molecule has 0 saturated carbocycles. The number of hydrogen-bond acceptors (Lipinski definition) is 6. The molecule has 0 aliphatic rings. The maximum atomic E-state index is 13.6. The quantitative estimate of drug-likeness (QED) is 0.289. The van der Waals surface area contributed by atoms with Crippen LogP contribution in [-0.4, -0.2) is 40.3 Å². The number of sulfonamides is 1. The number of ether oxygens (including phenoxy) is 2. The lowest BCUT2D eigenvalue weighted by atomic mass is 10.1. The van der Waals surface area contributed by atoms with Crippen molar-refractivity contribution in [2.75, 3.05) is 24.1 Å². The molecule has 1 amide bonds. The summed E-state index contributed by atoms with van der Waals surface area (Å²) in [6, 6.07) is 17.3. The van der Waals surface area contributed by atoms with Crippen LogP contribution in [0.2, 0.25) is 0 Å². The smallest absolute Gasteiger partial charge is 0.264 e. The van der Waals surface area contributed by atoms with E-state index in [0.29, 0.717) is 36.0 Å². The monoisotopic (exact) mass is 523 g/mol. The first kappa shape index (κ1) is 27.7. The van der Waals surface area contributed by atoms with E-state index < -0.39 is 22.5 Å². The third kappa shape index (κ3) is 7.33. The summed E-state index contributed by atoms with van der Waals surface area (Å²) in [4.78, 5) is 13.0. The van der Waals surface area contributed by atoms with Gasteiger partial charge < -0.3 is 9.47 Å². The lowest BCUT2D eigenvalue weighted by Gasteiger charge is -2.24. The highest BCUT2D eigenvalue weighted by atomic mass is 32.2. The zero-order valence-electron chi connectivity index (χ0n) is 21.8. The van der Waals surface area contributed by atoms with Crippen LogP contribution in [0.25, 0.3) is 0 Å². The summed E-state index contributed by atoms with van der Waals surface area (Å²) in [5.74, 6) is 0.614. The van der Waals surface area contributed by atoms with Crippen LogP contribution in [0.3, 0.4) is 0 Å². The Hall–Kier alpha value is -3.85. The van der Waals surface area contributed by atoms with Crippen molar-refractivity contribution in [2.45, 2.75) is 39.5 Å². The standard InChI is InChI=1S/C28H33N3O5S/c1-6-35-26-13-10-23(17-27(26)36-7-2)18-29-30-28(32)19-31(24-15-21(4)14-22(5)16-24)37(33,34)25-11-8-20(3)9-12-25/h8-18H,6-7,19H2,1-5H3,(H,30,32)/b29-18-. The number of rotatable bonds is 11. The Morgan fingerprint density at radius 3 is 2.11 bits per heavy atom. The minimum absolute atomic E-state index is 0.103. The van der Waals surface area contributed by atoms with Gasteiger partial charge in [-0.3, -0.25) is 9.10 Å². The molecule has 1 N–H and O–H groups in total. The van der Waals surface area contributed by atoms with Crippen molar-refractivity contribution in [3.8, 4) is 11.5 Å². The molecule has 3 aromatic carbocycles. The summed E-state index contributed by atoms with van der Waals surface area (Å²) in [7, 11) is -4.01. The third-order valence-electron chi connectivity index (χ3n) is 5.36. The van der Waals surface area contributed by atoms with E-state index in [0.717, 1.165) is 21.0 Å². The first-order valence-corrected chi connectivity index (χ1v) is 13.5. The van der Waals surface area contributed by atoms with E-state index >= 15 is 0 Å². The van der Waals surface area contributed by atoms with Gasteiger partial charge in [0.05, 0.1) is 30.0 Å². The van der Waals surface area contributed by atoms with Crippen LogP contribution in [0.1, 0.15) is 36.1 Å². The van der Waals surface area contributed by atoms with Crippen LogP contribution in [0, 0.1) is 20.8 Å². The van der Waals surface area contributed by atoms with Crippen molar-refractivity contribution in [3.63, 3.8) is 0 Å². The van der Waals surface area contributed by atoms with Crippen molar-refractivity contribution < 1.29 is 22.7 Å². The lowest BCUT2D eigenvalue weighted by molar-refractivity contribution is -0.119. The van der Waals surface area contributed by atoms with Gasteiger partial charge in [-0.05, 0) is 93.8 Å². The number of anilines is 1. The SMILES string of the molecule is CCOc1ccc(/C=N\NC(=O)CN(c2cc(C)cc(C)c2)S(=O)(=O)c2ccc(C)cc2)cc1OCC. The fourth-order valence-electron chi connectivity index (χ4n) is 3.74. The number of nitrogens with one attached hydrogen (secondary N) is 1. The summed E-state index contributed by atoms with van der Waals surface area (Å²) >= 11 is 0. The van der Waals surface area contributed by atoms with Crippen molar-refractivity contribution >= 4 is 27.8 Å². The van der Waals surface area contributed by atoms with E-state index in [9.17, 15) is 13.2 Å². The highest BCUT2D eigenvalue weighted by Crippen LogP contribution is 2.28. The molecule has 0 aliphatic heterocycles. The van der Waals surface area contributed by atoms with E-state index in [1.807, 2.05) is 40.7 Å². The minimum atomic E-state index is -4.01. The number of amides is 1. The Labute approximate surface area is 219 Å². The first-order chi connectivity index (χ1) is 17.6. The van der Waals surface area contributed by atoms with Gasteiger partial charge in [0, 0.05) is 0 Å². The molecule has 0 bridgehead atoms. The van der Waals surface area contributed by atoms with Crippen LogP contribution in [0.5, 0.6) is 11.5 Å². The number of hydrogen-bond donors (Lipinski definition) is 1. The van der Waals surface area contributed by atoms with Crippen molar-refractivity contribution in [1.82, 2.24) is 5.43 Å². The topological polar surface area (TPSA) is 97.3 Å². The fraction of sp³-hybridized carbons (Fsp3) is 0.286. The lowest BCUT2D eigenvalue weighted by Crippen LogP contribution is -2.39. The van der Waals surface area contributed by atoms with Gasteiger partial charge in [0.2, 0.25) is 0 Å². The summed E-state index contributed by atoms with van der Waals surface area (Å²) in [6.45, 7) is 9.95. The summed E-state index contributed by atoms with van der Waals surface area (Å²) in [6.07, 6.45) is 1.46. The molecule has 9 heteroatoms. The Morgan fingerprint density at radius 2 is 1.49 bits per heavy atom. The molecule has 8 nitrogen and oxygen atoms in total. The second-order valence-electron chi connectivity index (χ2n) is 8.54. The van der Waals surface area contributed by atoms with Gasteiger partial charge in [0.25, 0.3) is 15.9 Å². The molecule has 0 spiro atoms. The molecule has 0 aromatic heterocycles. The first-order valence-electron chi connectivity index (χ1n) is 12.0. The third-order valence-corrected chi connectivity index (χ3v) is 7.15. The zero-order valence-corrected chi connectivity index (χ0v) is 22.6. The maximum Gasteiger partial charge on any atom is 0.264 e. The van der Waals surface area contributed by atoms with Gasteiger partial charge in [-0.1, -0.05) is 23.8 Å². The minimum Gasteiger partial charge on any atom is -0.490 e. The van der Waals surface area contributed by atoms with Crippen molar-refractivity contribution in [1.29, 1.82) is 0 Å². The molecular weight excluding hydrogens is 490 g/mol. The van der Waals surface area contributed by atoms with Gasteiger partial charge in [-0.2, -0.15) is 5.10 Å². The Kier molecular flexibility index (Phi) is 9.30. The van der Waals surface area contributed by atoms with Gasteiger partial charge in [0.15, 0.2) is 11.5 Å². The predicted molar refractivity (Wildman–Crippen MR) is 146 cm³/mol. The molecule has 0 unspecified atom stereocenters. The second-order valence-corrected chi connectivity index (χ2v) is 10.4. The van der Waals surface area contributed by atoms with Gasteiger partial charge in [-0.25, -0.2) is 13.8 Å². The van der Waals surface area contributed by atoms with E-state index in [-0.39, 0.29) is 4.90 Å².